The number of hydrogen-bond acceptors (Lipinski definition) is 14. The predicted molar refractivity (Wildman–Crippen MR) is 213 cm³/mol. The first-order valence-corrected chi connectivity index (χ1v) is 20.1. The van der Waals surface area contributed by atoms with Crippen LogP contribution < -0.4 is 5.32 Å². The van der Waals surface area contributed by atoms with Gasteiger partial charge in [0.05, 0.1) is 35.6 Å². The molecule has 326 valence electrons. The molecule has 2 aromatic rings. The predicted octanol–water partition coefficient (Wildman–Crippen LogP) is 4.57. The van der Waals surface area contributed by atoms with Crippen LogP contribution in [0.1, 0.15) is 90.2 Å². The van der Waals surface area contributed by atoms with Crippen molar-refractivity contribution in [3.05, 3.63) is 82.9 Å². The summed E-state index contributed by atoms with van der Waals surface area (Å²) in [6, 6.07) is 15.1. The second kappa shape index (κ2) is 16.3. The third-order valence-corrected chi connectivity index (χ3v) is 13.0. The number of methoxy groups -OCH3 is 2. The Balaban J connectivity index is 1.52. The number of amides is 1. The van der Waals surface area contributed by atoms with Gasteiger partial charge in [0.15, 0.2) is 17.5 Å². The van der Waals surface area contributed by atoms with Gasteiger partial charge in [-0.25, -0.2) is 14.4 Å². The van der Waals surface area contributed by atoms with E-state index >= 15 is 4.79 Å². The highest BCUT2D eigenvalue weighted by atomic mass is 16.6. The van der Waals surface area contributed by atoms with E-state index in [1.54, 1.807) is 109 Å². The summed E-state index contributed by atoms with van der Waals surface area (Å²) >= 11 is 0. The normalized spacial score (nSPS) is 33.0. The van der Waals surface area contributed by atoms with Crippen LogP contribution in [0.4, 0.5) is 4.79 Å². The lowest BCUT2D eigenvalue weighted by Crippen LogP contribution is -2.82. The summed E-state index contributed by atoms with van der Waals surface area (Å²) in [5.74, 6) is -4.52. The quantitative estimate of drug-likeness (QED) is 0.171. The summed E-state index contributed by atoms with van der Waals surface area (Å²) in [5.41, 5.74) is -6.72. The number of aliphatic hydroxyl groups excluding tert-OH is 1. The molecule has 15 heteroatoms. The van der Waals surface area contributed by atoms with Gasteiger partial charge in [0.1, 0.15) is 35.6 Å². The fourth-order valence-corrected chi connectivity index (χ4v) is 10.1. The van der Waals surface area contributed by atoms with Gasteiger partial charge in [0.2, 0.25) is 0 Å². The number of esters is 3. The molecule has 0 spiro atoms. The van der Waals surface area contributed by atoms with Gasteiger partial charge in [-0.05, 0) is 63.5 Å². The lowest BCUT2D eigenvalue weighted by atomic mass is 9.44. The van der Waals surface area contributed by atoms with Crippen molar-refractivity contribution in [1.82, 2.24) is 5.32 Å². The molecule has 3 fully saturated rings. The van der Waals surface area contributed by atoms with Crippen LogP contribution in [0.3, 0.4) is 0 Å². The average molecular weight is 836 g/mol. The smallest absolute Gasteiger partial charge is 0.408 e. The van der Waals surface area contributed by atoms with E-state index in [2.05, 4.69) is 5.32 Å². The molecule has 2 aromatic carbocycles. The highest BCUT2D eigenvalue weighted by Gasteiger charge is 2.78. The van der Waals surface area contributed by atoms with E-state index in [1.807, 2.05) is 0 Å². The van der Waals surface area contributed by atoms with E-state index in [4.69, 9.17) is 33.2 Å². The van der Waals surface area contributed by atoms with Crippen molar-refractivity contribution in [3.8, 4) is 0 Å². The van der Waals surface area contributed by atoms with E-state index in [1.165, 1.54) is 21.1 Å². The Morgan fingerprint density at radius 2 is 1.55 bits per heavy atom. The van der Waals surface area contributed by atoms with Crippen molar-refractivity contribution >= 4 is 29.8 Å². The minimum atomic E-state index is -2.22. The average Bonchev–Trinajstić information content (AvgIpc) is 3.18. The minimum absolute atomic E-state index is 0.121. The first-order chi connectivity index (χ1) is 28.1. The Hall–Kier alpha value is -4.67. The van der Waals surface area contributed by atoms with Crippen molar-refractivity contribution in [2.75, 3.05) is 20.8 Å². The summed E-state index contributed by atoms with van der Waals surface area (Å²) < 4.78 is 42.4. The van der Waals surface area contributed by atoms with Gasteiger partial charge in [0, 0.05) is 39.4 Å². The lowest BCUT2D eigenvalue weighted by Gasteiger charge is -2.67. The standard InChI is InChI=1S/C45H57NO14/c1-24-28(57-39(51)33(48)32(26-17-13-11-14-18-26)46-40(52)60-41(3,4)5)22-45(53)37(58-38(50)27-19-15-12-16-20-27)35-43(8,36(49)34(55-10)31(24)42(45,6)7)29(54-9)21-30-44(35,23-56-30)59-25(2)47/h11-20,28-30,32-35,37,48,53H,21-23H2,1-10H3,(H,46,52)/t28-,29-,30+,32-,33+,34+,35?,37?,43+,44-,45+/m0/s1. The molecule has 15 nitrogen and oxygen atoms in total. The Labute approximate surface area is 350 Å². The highest BCUT2D eigenvalue weighted by molar-refractivity contribution is 5.94. The first-order valence-electron chi connectivity index (χ1n) is 20.1. The SMILES string of the molecule is CO[C@H]1C(=O)[C@@]2(C)C(C(OC(=O)c3ccccc3)[C@]3(O)C[C@H](OC(=O)[C@H](O)[C@@H](NC(=O)OC(C)(C)C)c4ccccc4)C(C)=C1C3(C)C)[C@]1(OC(C)=O)CO[C@@H]1C[C@@H]2OC. The van der Waals surface area contributed by atoms with E-state index in [0.717, 1.165) is 0 Å². The van der Waals surface area contributed by atoms with Crippen molar-refractivity contribution in [2.24, 2.45) is 16.7 Å². The number of fused-ring (bicyclic) bond motifs is 5. The molecule has 60 heavy (non-hydrogen) atoms. The van der Waals surface area contributed by atoms with Gasteiger partial charge in [-0.3, -0.25) is 9.59 Å². The number of ketones is 1. The molecule has 0 radical (unpaired) electrons. The topological polar surface area (TPSA) is 202 Å². The minimum Gasteiger partial charge on any atom is -0.456 e. The second-order valence-corrected chi connectivity index (χ2v) is 18.0. The molecular formula is C45H57NO14. The molecule has 3 aliphatic carbocycles. The number of rotatable bonds is 10. The zero-order chi connectivity index (χ0) is 44.2. The molecule has 2 bridgehead atoms. The monoisotopic (exact) mass is 835 g/mol. The van der Waals surface area contributed by atoms with E-state index in [-0.39, 0.29) is 24.2 Å². The maximum absolute atomic E-state index is 15.5. The summed E-state index contributed by atoms with van der Waals surface area (Å²) in [6.07, 6.45) is -9.31. The van der Waals surface area contributed by atoms with Crippen molar-refractivity contribution in [2.45, 2.75) is 128 Å². The number of carbonyl (C=O) groups is 5. The van der Waals surface area contributed by atoms with E-state index in [9.17, 15) is 29.4 Å². The number of nitrogens with one attached hydrogen (secondary N) is 1. The molecule has 2 unspecified atom stereocenters. The number of Topliss-reactive ketones (excluding diaryl/α,β-unsaturated/α-hetero) is 1. The fourth-order valence-electron chi connectivity index (χ4n) is 10.1. The molecule has 0 aromatic heterocycles. The molecule has 3 N–H and O–H groups in total. The molecule has 1 heterocycles. The number of aliphatic hydroxyl groups is 2. The zero-order valence-corrected chi connectivity index (χ0v) is 35.8. The van der Waals surface area contributed by atoms with Crippen LogP contribution in [-0.4, -0.2) is 114 Å². The number of ether oxygens (including phenoxy) is 7. The van der Waals surface area contributed by atoms with Crippen LogP contribution in [0.5, 0.6) is 0 Å². The molecule has 6 rings (SSSR count). The van der Waals surface area contributed by atoms with Crippen LogP contribution in [0.15, 0.2) is 71.8 Å². The lowest BCUT2D eigenvalue weighted by molar-refractivity contribution is -0.347. The Morgan fingerprint density at radius 1 is 0.933 bits per heavy atom. The molecule has 1 aliphatic heterocycles. The highest BCUT2D eigenvalue weighted by Crippen LogP contribution is 2.64. The number of alkyl carbamates (subject to hydrolysis) is 1. The van der Waals surface area contributed by atoms with Crippen LogP contribution in [0.2, 0.25) is 0 Å². The fraction of sp³-hybridized carbons (Fsp3) is 0.578. The maximum Gasteiger partial charge on any atom is 0.408 e. The molecule has 1 amide bonds. The molecule has 4 aliphatic rings. The van der Waals surface area contributed by atoms with Gasteiger partial charge in [-0.15, -0.1) is 0 Å². The van der Waals surface area contributed by atoms with Crippen LogP contribution in [-0.2, 0) is 47.5 Å². The molecule has 2 saturated carbocycles. The van der Waals surface area contributed by atoms with Gasteiger partial charge < -0.3 is 48.7 Å². The van der Waals surface area contributed by atoms with Crippen LogP contribution in [0.25, 0.3) is 0 Å². The second-order valence-electron chi connectivity index (χ2n) is 18.0. The van der Waals surface area contributed by atoms with Crippen molar-refractivity contribution in [1.29, 1.82) is 0 Å². The zero-order valence-electron chi connectivity index (χ0n) is 35.8. The molecule has 11 atom stereocenters. The number of carbonyl (C=O) groups excluding carboxylic acids is 5. The maximum atomic E-state index is 15.5. The van der Waals surface area contributed by atoms with Gasteiger partial charge in [-0.1, -0.05) is 62.4 Å². The summed E-state index contributed by atoms with van der Waals surface area (Å²) in [4.78, 5) is 70.1. The third kappa shape index (κ3) is 7.52. The van der Waals surface area contributed by atoms with Crippen LogP contribution in [0, 0.1) is 16.7 Å². The Kier molecular flexibility index (Phi) is 12.2. The van der Waals surface area contributed by atoms with Crippen LogP contribution >= 0.6 is 0 Å². The van der Waals surface area contributed by atoms with Gasteiger partial charge in [0.25, 0.3) is 0 Å². The van der Waals surface area contributed by atoms with E-state index < -0.39 is 112 Å². The number of hydrogen-bond donors (Lipinski definition) is 3. The van der Waals surface area contributed by atoms with Crippen molar-refractivity contribution in [3.63, 3.8) is 0 Å². The summed E-state index contributed by atoms with van der Waals surface area (Å²) in [7, 11) is 2.78. The van der Waals surface area contributed by atoms with Gasteiger partial charge >= 0.3 is 24.0 Å². The summed E-state index contributed by atoms with van der Waals surface area (Å²) in [6.45, 7) is 12.7. The van der Waals surface area contributed by atoms with E-state index in [0.29, 0.717) is 11.1 Å². The number of benzene rings is 2. The largest absolute Gasteiger partial charge is 0.456 e. The Bertz CT molecular complexity index is 2010. The Morgan fingerprint density at radius 3 is 2.08 bits per heavy atom. The third-order valence-electron chi connectivity index (χ3n) is 13.0. The van der Waals surface area contributed by atoms with Gasteiger partial charge in [-0.2, -0.15) is 0 Å². The van der Waals surface area contributed by atoms with Crippen molar-refractivity contribution < 1.29 is 67.3 Å². The first kappa shape index (κ1) is 44.9. The molecule has 1 saturated heterocycles. The summed E-state index contributed by atoms with van der Waals surface area (Å²) in [5, 5.41) is 28.0. The molecular weight excluding hydrogens is 778 g/mol.